The van der Waals surface area contributed by atoms with Crippen LogP contribution in [0.5, 0.6) is 0 Å². The van der Waals surface area contributed by atoms with Gasteiger partial charge in [-0.05, 0) is 154 Å². The lowest BCUT2D eigenvalue weighted by Crippen LogP contribution is -2.30. The summed E-state index contributed by atoms with van der Waals surface area (Å²) in [5.41, 5.74) is 0. The van der Waals surface area contributed by atoms with Crippen LogP contribution in [0.2, 0.25) is 0 Å². The Hall–Kier alpha value is -5.49. The summed E-state index contributed by atoms with van der Waals surface area (Å²) >= 11 is 0. The first-order valence-electron chi connectivity index (χ1n) is 32.3. The topological polar surface area (TPSA) is 78.9 Å². The number of carbonyl (C=O) groups excluding carboxylic acids is 3. The van der Waals surface area contributed by atoms with Gasteiger partial charge < -0.3 is 14.2 Å². The molecule has 0 N–H and O–H groups in total. The lowest BCUT2D eigenvalue weighted by molar-refractivity contribution is -0.167. The van der Waals surface area contributed by atoms with Gasteiger partial charge in [0.05, 0.1) is 0 Å². The van der Waals surface area contributed by atoms with E-state index in [1.807, 2.05) is 0 Å². The zero-order chi connectivity index (χ0) is 58.5. The molecular formula is C75H116O6. The Morgan fingerprint density at radius 2 is 0.444 bits per heavy atom. The molecule has 0 saturated carbocycles. The molecule has 0 bridgehead atoms. The number of hydrogen-bond acceptors (Lipinski definition) is 6. The van der Waals surface area contributed by atoms with Crippen molar-refractivity contribution in [2.24, 2.45) is 0 Å². The Kier molecular flexibility index (Phi) is 62.5. The SMILES string of the molecule is CC/C=C\C/C=C\C/C=C\C/C=C\C/C=C\C/C=C\CCCCC(=O)OC(COC(=O)CCCC/C=C\C/C=C\C/C=C\C/C=C\CC)COC(=O)CCCCCCCCCCCCC/C=C\C/C=C\C/C=C\C/C=C\C/C=C\CC. The van der Waals surface area contributed by atoms with Gasteiger partial charge in [-0.3, -0.25) is 14.4 Å². The van der Waals surface area contributed by atoms with Crippen LogP contribution in [0.25, 0.3) is 0 Å². The minimum atomic E-state index is -0.831. The van der Waals surface area contributed by atoms with Crippen LogP contribution >= 0.6 is 0 Å². The molecule has 0 radical (unpaired) electrons. The highest BCUT2D eigenvalue weighted by atomic mass is 16.6. The Labute approximate surface area is 497 Å². The third-order valence-electron chi connectivity index (χ3n) is 12.9. The van der Waals surface area contributed by atoms with E-state index in [2.05, 4.69) is 203 Å². The van der Waals surface area contributed by atoms with Crippen LogP contribution in [0, 0.1) is 0 Å². The molecule has 6 heteroatoms. The zero-order valence-corrected chi connectivity index (χ0v) is 51.7. The Bertz CT molecular complexity index is 1900. The second-order valence-corrected chi connectivity index (χ2v) is 20.5. The first kappa shape index (κ1) is 75.5. The normalized spacial score (nSPS) is 13.4. The van der Waals surface area contributed by atoms with Crippen LogP contribution in [-0.4, -0.2) is 37.2 Å². The van der Waals surface area contributed by atoms with Crippen molar-refractivity contribution in [3.63, 3.8) is 0 Å². The first-order chi connectivity index (χ1) is 40.0. The van der Waals surface area contributed by atoms with Crippen LogP contribution < -0.4 is 0 Å². The summed E-state index contributed by atoms with van der Waals surface area (Å²) < 4.78 is 16.9. The van der Waals surface area contributed by atoms with E-state index in [-0.39, 0.29) is 44.0 Å². The van der Waals surface area contributed by atoms with Crippen LogP contribution in [0.3, 0.4) is 0 Å². The molecule has 0 aromatic rings. The molecule has 1 unspecified atom stereocenters. The van der Waals surface area contributed by atoms with Crippen molar-refractivity contribution in [1.82, 2.24) is 0 Å². The summed E-state index contributed by atoms with van der Waals surface area (Å²) in [5, 5.41) is 0. The minimum Gasteiger partial charge on any atom is -0.462 e. The summed E-state index contributed by atoms with van der Waals surface area (Å²) in [7, 11) is 0. The Morgan fingerprint density at radius 3 is 0.716 bits per heavy atom. The predicted octanol–water partition coefficient (Wildman–Crippen LogP) is 22.4. The van der Waals surface area contributed by atoms with E-state index < -0.39 is 6.10 Å². The largest absolute Gasteiger partial charge is 0.462 e. The minimum absolute atomic E-state index is 0.119. The zero-order valence-electron chi connectivity index (χ0n) is 51.7. The predicted molar refractivity (Wildman–Crippen MR) is 352 cm³/mol. The summed E-state index contributed by atoms with van der Waals surface area (Å²) in [4.78, 5) is 38.3. The van der Waals surface area contributed by atoms with Gasteiger partial charge in [0.2, 0.25) is 0 Å². The smallest absolute Gasteiger partial charge is 0.306 e. The molecule has 0 aromatic carbocycles. The molecule has 0 aliphatic heterocycles. The fraction of sp³-hybridized carbons (Fsp3) is 0.560. The van der Waals surface area contributed by atoms with Gasteiger partial charge in [-0.25, -0.2) is 0 Å². The molecule has 0 spiro atoms. The quantitative estimate of drug-likeness (QED) is 0.0261. The van der Waals surface area contributed by atoms with E-state index in [1.165, 1.54) is 57.8 Å². The van der Waals surface area contributed by atoms with Crippen LogP contribution in [0.15, 0.2) is 182 Å². The monoisotopic (exact) mass is 1110 g/mol. The summed E-state index contributed by atoms with van der Waals surface area (Å²) in [6.45, 7) is 6.22. The number of esters is 3. The van der Waals surface area contributed by atoms with E-state index >= 15 is 0 Å². The lowest BCUT2D eigenvalue weighted by atomic mass is 10.0. The van der Waals surface area contributed by atoms with Gasteiger partial charge in [0.15, 0.2) is 6.10 Å². The molecule has 0 saturated heterocycles. The summed E-state index contributed by atoms with van der Waals surface area (Å²) in [5.74, 6) is -1.02. The average Bonchev–Trinajstić information content (AvgIpc) is 3.47. The van der Waals surface area contributed by atoms with Crippen LogP contribution in [0.1, 0.15) is 252 Å². The van der Waals surface area contributed by atoms with Gasteiger partial charge >= 0.3 is 17.9 Å². The van der Waals surface area contributed by atoms with Gasteiger partial charge in [0.25, 0.3) is 0 Å². The van der Waals surface area contributed by atoms with E-state index in [4.69, 9.17) is 14.2 Å². The molecule has 6 nitrogen and oxygen atoms in total. The maximum atomic E-state index is 12.9. The molecule has 1 atom stereocenters. The van der Waals surface area contributed by atoms with Crippen molar-refractivity contribution in [3.8, 4) is 0 Å². The van der Waals surface area contributed by atoms with Crippen molar-refractivity contribution in [2.45, 2.75) is 258 Å². The number of unbranched alkanes of at least 4 members (excludes halogenated alkanes) is 15. The van der Waals surface area contributed by atoms with Gasteiger partial charge in [0, 0.05) is 19.3 Å². The van der Waals surface area contributed by atoms with Crippen LogP contribution in [-0.2, 0) is 28.6 Å². The molecule has 0 heterocycles. The van der Waals surface area contributed by atoms with E-state index in [0.717, 1.165) is 141 Å². The number of allylic oxidation sites excluding steroid dienone is 30. The van der Waals surface area contributed by atoms with E-state index in [0.29, 0.717) is 19.3 Å². The molecule has 0 fully saturated rings. The molecule has 0 aliphatic carbocycles. The second-order valence-electron chi connectivity index (χ2n) is 20.5. The molecule has 0 aromatic heterocycles. The molecule has 0 rings (SSSR count). The highest BCUT2D eigenvalue weighted by molar-refractivity contribution is 5.71. The summed E-state index contributed by atoms with van der Waals surface area (Å²) in [6, 6.07) is 0. The molecule has 452 valence electrons. The molecule has 0 aliphatic rings. The van der Waals surface area contributed by atoms with Crippen LogP contribution in [0.4, 0.5) is 0 Å². The van der Waals surface area contributed by atoms with Gasteiger partial charge in [-0.2, -0.15) is 0 Å². The Morgan fingerprint density at radius 1 is 0.247 bits per heavy atom. The van der Waals surface area contributed by atoms with E-state index in [1.54, 1.807) is 0 Å². The van der Waals surface area contributed by atoms with Gasteiger partial charge in [-0.1, -0.05) is 261 Å². The van der Waals surface area contributed by atoms with Gasteiger partial charge in [0.1, 0.15) is 13.2 Å². The van der Waals surface area contributed by atoms with Crippen molar-refractivity contribution in [2.75, 3.05) is 13.2 Å². The van der Waals surface area contributed by atoms with Crippen molar-refractivity contribution in [3.05, 3.63) is 182 Å². The number of carbonyl (C=O) groups is 3. The number of rotatable bonds is 56. The third-order valence-corrected chi connectivity index (χ3v) is 12.9. The lowest BCUT2D eigenvalue weighted by Gasteiger charge is -2.18. The fourth-order valence-corrected chi connectivity index (χ4v) is 8.17. The average molecular weight is 1110 g/mol. The molecular weight excluding hydrogens is 997 g/mol. The van der Waals surface area contributed by atoms with E-state index in [9.17, 15) is 14.4 Å². The third kappa shape index (κ3) is 65.2. The standard InChI is InChI=1S/C75H116O6/c1-4-7-10-13-16-19-22-25-28-30-32-34-35-36-37-38-39-41-42-44-47-50-53-56-59-62-65-68-74(77)80-71-72(70-79-73(76)67-64-61-58-55-52-49-46-27-24-21-18-15-12-9-6-3)81-75(78)69-66-63-60-57-54-51-48-45-43-40-33-31-29-26-23-20-17-14-11-8-5-2/h7-12,16-21,25-29,32-34,36-37,40,45-46,48,52,54-55,57,72H,4-6,13-15,22-24,30-31,35,38-39,41-44,47,49-51,53,56,58-71H2,1-3H3/b10-7-,11-8-,12-9-,19-16-,20-17-,21-18-,28-25-,29-26-,34-32-,37-36-,40-33-,46-27-,48-45-,55-52-,57-54-. The van der Waals surface area contributed by atoms with Crippen molar-refractivity contribution in [1.29, 1.82) is 0 Å². The second kappa shape index (κ2) is 67.0. The molecule has 0 amide bonds. The van der Waals surface area contributed by atoms with Crippen molar-refractivity contribution < 1.29 is 28.6 Å². The highest BCUT2D eigenvalue weighted by Gasteiger charge is 2.19. The maximum Gasteiger partial charge on any atom is 0.306 e. The van der Waals surface area contributed by atoms with Crippen molar-refractivity contribution >= 4 is 17.9 Å². The van der Waals surface area contributed by atoms with Gasteiger partial charge in [-0.15, -0.1) is 0 Å². The summed E-state index contributed by atoms with van der Waals surface area (Å²) in [6.07, 6.45) is 100. The maximum absolute atomic E-state index is 12.9. The number of ether oxygens (including phenoxy) is 3. The first-order valence-corrected chi connectivity index (χ1v) is 32.3. The Balaban J connectivity index is 4.48. The number of hydrogen-bond donors (Lipinski definition) is 0. The highest BCUT2D eigenvalue weighted by Crippen LogP contribution is 2.14. The fourth-order valence-electron chi connectivity index (χ4n) is 8.17. The molecule has 81 heavy (non-hydrogen) atoms.